The normalized spacial score (nSPS) is 14.3. The summed E-state index contributed by atoms with van der Waals surface area (Å²) in [5.41, 5.74) is 0.495. The van der Waals surface area contributed by atoms with Crippen LogP contribution in [0.25, 0.3) is 0 Å². The predicted molar refractivity (Wildman–Crippen MR) is 68.0 cm³/mol. The highest BCUT2D eigenvalue weighted by Gasteiger charge is 2.20. The SMILES string of the molecule is CN(CC(=O)N1CCCC1)c1ncccc1C#N. The van der Waals surface area contributed by atoms with Gasteiger partial charge < -0.3 is 9.80 Å². The molecule has 0 atom stereocenters. The molecule has 0 saturated carbocycles. The van der Waals surface area contributed by atoms with Crippen molar-refractivity contribution >= 4 is 11.7 Å². The highest BCUT2D eigenvalue weighted by Crippen LogP contribution is 2.15. The van der Waals surface area contributed by atoms with E-state index in [-0.39, 0.29) is 12.5 Å². The maximum atomic E-state index is 12.0. The third kappa shape index (κ3) is 2.59. The number of pyridine rings is 1. The molecule has 1 aliphatic heterocycles. The zero-order valence-electron chi connectivity index (χ0n) is 10.5. The number of nitrogens with zero attached hydrogens (tertiary/aromatic N) is 4. The number of amides is 1. The fourth-order valence-corrected chi connectivity index (χ4v) is 2.13. The molecule has 5 nitrogen and oxygen atoms in total. The zero-order valence-corrected chi connectivity index (χ0v) is 10.5. The first-order valence-electron chi connectivity index (χ1n) is 6.06. The van der Waals surface area contributed by atoms with Gasteiger partial charge in [-0.25, -0.2) is 4.98 Å². The van der Waals surface area contributed by atoms with Crippen molar-refractivity contribution in [3.05, 3.63) is 23.9 Å². The highest BCUT2D eigenvalue weighted by atomic mass is 16.2. The van der Waals surface area contributed by atoms with Crippen LogP contribution in [0.4, 0.5) is 5.82 Å². The molecule has 0 bridgehead atoms. The molecule has 0 aromatic carbocycles. The van der Waals surface area contributed by atoms with Gasteiger partial charge in [0.2, 0.25) is 5.91 Å². The molecular formula is C13H16N4O. The summed E-state index contributed by atoms with van der Waals surface area (Å²) < 4.78 is 0. The van der Waals surface area contributed by atoms with Crippen molar-refractivity contribution in [2.24, 2.45) is 0 Å². The van der Waals surface area contributed by atoms with Gasteiger partial charge in [0.05, 0.1) is 12.1 Å². The second-order valence-electron chi connectivity index (χ2n) is 4.43. The number of carbonyl (C=O) groups excluding carboxylic acids is 1. The number of rotatable bonds is 3. The molecule has 18 heavy (non-hydrogen) atoms. The molecule has 1 amide bonds. The number of aromatic nitrogens is 1. The first kappa shape index (κ1) is 12.4. The second-order valence-corrected chi connectivity index (χ2v) is 4.43. The van der Waals surface area contributed by atoms with Gasteiger partial charge >= 0.3 is 0 Å². The van der Waals surface area contributed by atoms with E-state index in [0.717, 1.165) is 25.9 Å². The molecule has 0 spiro atoms. The summed E-state index contributed by atoms with van der Waals surface area (Å²) in [5, 5.41) is 9.00. The van der Waals surface area contributed by atoms with Gasteiger partial charge in [0.25, 0.3) is 0 Å². The predicted octanol–water partition coefficient (Wildman–Crippen LogP) is 1.01. The molecule has 2 heterocycles. The number of likely N-dealkylation sites (tertiary alicyclic amines) is 1. The maximum Gasteiger partial charge on any atom is 0.242 e. The van der Waals surface area contributed by atoms with Crippen molar-refractivity contribution < 1.29 is 4.79 Å². The van der Waals surface area contributed by atoms with E-state index in [1.54, 1.807) is 30.3 Å². The summed E-state index contributed by atoms with van der Waals surface area (Å²) >= 11 is 0. The smallest absolute Gasteiger partial charge is 0.242 e. The molecule has 94 valence electrons. The van der Waals surface area contributed by atoms with Crippen LogP contribution in [0.5, 0.6) is 0 Å². The lowest BCUT2D eigenvalue weighted by atomic mass is 10.2. The van der Waals surface area contributed by atoms with E-state index in [1.165, 1.54) is 0 Å². The largest absolute Gasteiger partial charge is 0.349 e. The molecule has 1 aromatic heterocycles. The summed E-state index contributed by atoms with van der Waals surface area (Å²) in [6, 6.07) is 5.52. The molecule has 1 aromatic rings. The van der Waals surface area contributed by atoms with Gasteiger partial charge in [-0.05, 0) is 25.0 Å². The maximum absolute atomic E-state index is 12.0. The van der Waals surface area contributed by atoms with Gasteiger partial charge in [0, 0.05) is 26.3 Å². The molecule has 0 aliphatic carbocycles. The lowest BCUT2D eigenvalue weighted by Crippen LogP contribution is -2.37. The van der Waals surface area contributed by atoms with E-state index < -0.39 is 0 Å². The Labute approximate surface area is 107 Å². The topological polar surface area (TPSA) is 60.2 Å². The third-order valence-corrected chi connectivity index (χ3v) is 3.10. The molecule has 1 saturated heterocycles. The van der Waals surface area contributed by atoms with Crippen molar-refractivity contribution in [1.82, 2.24) is 9.88 Å². The fourth-order valence-electron chi connectivity index (χ4n) is 2.13. The van der Waals surface area contributed by atoms with Gasteiger partial charge in [0.1, 0.15) is 11.9 Å². The number of hydrogen-bond acceptors (Lipinski definition) is 4. The van der Waals surface area contributed by atoms with E-state index in [2.05, 4.69) is 11.1 Å². The van der Waals surface area contributed by atoms with Crippen LogP contribution >= 0.6 is 0 Å². The van der Waals surface area contributed by atoms with Crippen molar-refractivity contribution in [1.29, 1.82) is 5.26 Å². The standard InChI is InChI=1S/C13H16N4O/c1-16(10-12(18)17-7-2-3-8-17)13-11(9-14)5-4-6-15-13/h4-6H,2-3,7-8,10H2,1H3. The average molecular weight is 244 g/mol. The van der Waals surface area contributed by atoms with Crippen LogP contribution in [-0.2, 0) is 4.79 Å². The molecule has 0 radical (unpaired) electrons. The average Bonchev–Trinajstić information content (AvgIpc) is 2.92. The zero-order chi connectivity index (χ0) is 13.0. The summed E-state index contributed by atoms with van der Waals surface area (Å²) in [4.78, 5) is 19.8. The number of carbonyl (C=O) groups is 1. The Morgan fingerprint density at radius 2 is 2.28 bits per heavy atom. The van der Waals surface area contributed by atoms with Crippen LogP contribution in [0, 0.1) is 11.3 Å². The lowest BCUT2D eigenvalue weighted by Gasteiger charge is -2.22. The summed E-state index contributed by atoms with van der Waals surface area (Å²) in [6.45, 7) is 1.96. The van der Waals surface area contributed by atoms with E-state index >= 15 is 0 Å². The molecule has 2 rings (SSSR count). The number of anilines is 1. The first-order chi connectivity index (χ1) is 8.72. The van der Waals surface area contributed by atoms with Crippen molar-refractivity contribution in [2.75, 3.05) is 31.6 Å². The minimum Gasteiger partial charge on any atom is -0.349 e. The Bertz CT molecular complexity index is 474. The van der Waals surface area contributed by atoms with Crippen LogP contribution in [0.15, 0.2) is 18.3 Å². The Balaban J connectivity index is 2.05. The van der Waals surface area contributed by atoms with Crippen LogP contribution in [0.3, 0.4) is 0 Å². The molecule has 0 N–H and O–H groups in total. The number of likely N-dealkylation sites (N-methyl/N-ethyl adjacent to an activating group) is 1. The Hall–Kier alpha value is -2.09. The molecule has 0 unspecified atom stereocenters. The van der Waals surface area contributed by atoms with Gasteiger partial charge in [-0.3, -0.25) is 4.79 Å². The van der Waals surface area contributed by atoms with E-state index in [4.69, 9.17) is 5.26 Å². The molecule has 5 heteroatoms. The summed E-state index contributed by atoms with van der Waals surface area (Å²) in [6.07, 6.45) is 3.80. The summed E-state index contributed by atoms with van der Waals surface area (Å²) in [5.74, 6) is 0.664. The quantitative estimate of drug-likeness (QED) is 0.796. The number of nitriles is 1. The Morgan fingerprint density at radius 1 is 1.56 bits per heavy atom. The van der Waals surface area contributed by atoms with Crippen LogP contribution < -0.4 is 4.90 Å². The lowest BCUT2D eigenvalue weighted by molar-refractivity contribution is -0.128. The Kier molecular flexibility index (Phi) is 3.78. The number of hydrogen-bond donors (Lipinski definition) is 0. The monoisotopic (exact) mass is 244 g/mol. The van der Waals surface area contributed by atoms with E-state index in [1.807, 2.05) is 4.90 Å². The first-order valence-corrected chi connectivity index (χ1v) is 6.06. The Morgan fingerprint density at radius 3 is 2.94 bits per heavy atom. The van der Waals surface area contributed by atoms with Gasteiger partial charge in [-0.2, -0.15) is 5.26 Å². The highest BCUT2D eigenvalue weighted by molar-refractivity contribution is 5.81. The van der Waals surface area contributed by atoms with Crippen molar-refractivity contribution in [2.45, 2.75) is 12.8 Å². The van der Waals surface area contributed by atoms with Crippen molar-refractivity contribution in [3.63, 3.8) is 0 Å². The van der Waals surface area contributed by atoms with E-state index in [9.17, 15) is 4.79 Å². The molecule has 1 fully saturated rings. The molecule has 1 aliphatic rings. The van der Waals surface area contributed by atoms with Gasteiger partial charge in [0.15, 0.2) is 0 Å². The van der Waals surface area contributed by atoms with Crippen LogP contribution in [-0.4, -0.2) is 42.5 Å². The third-order valence-electron chi connectivity index (χ3n) is 3.10. The van der Waals surface area contributed by atoms with Gasteiger partial charge in [-0.1, -0.05) is 0 Å². The second kappa shape index (κ2) is 5.50. The van der Waals surface area contributed by atoms with E-state index in [0.29, 0.717) is 11.4 Å². The fraction of sp³-hybridized carbons (Fsp3) is 0.462. The van der Waals surface area contributed by atoms with Crippen LogP contribution in [0.1, 0.15) is 18.4 Å². The van der Waals surface area contributed by atoms with Gasteiger partial charge in [-0.15, -0.1) is 0 Å². The van der Waals surface area contributed by atoms with Crippen LogP contribution in [0.2, 0.25) is 0 Å². The van der Waals surface area contributed by atoms with Crippen molar-refractivity contribution in [3.8, 4) is 6.07 Å². The summed E-state index contributed by atoms with van der Waals surface area (Å²) in [7, 11) is 1.79. The molecular weight excluding hydrogens is 228 g/mol. The minimum absolute atomic E-state index is 0.101. The minimum atomic E-state index is 0.101.